The zero-order valence-corrected chi connectivity index (χ0v) is 11.1. The molecule has 0 aliphatic heterocycles. The fraction of sp³-hybridized carbons (Fsp3) is 0.231. The van der Waals surface area contributed by atoms with Gasteiger partial charge in [0, 0.05) is 11.3 Å². The number of aromatic amines is 1. The molecule has 98 valence electrons. The van der Waals surface area contributed by atoms with Crippen molar-refractivity contribution in [3.63, 3.8) is 0 Å². The first-order valence-corrected chi connectivity index (χ1v) is 6.77. The Bertz CT molecular complexity index is 560. The van der Waals surface area contributed by atoms with Crippen molar-refractivity contribution in [1.82, 2.24) is 15.2 Å². The molecule has 0 fully saturated rings. The van der Waals surface area contributed by atoms with Crippen LogP contribution in [-0.4, -0.2) is 34.1 Å². The number of hydrogen-bond acceptors (Lipinski definition) is 5. The molecule has 1 heterocycles. The minimum absolute atomic E-state index is 0.360. The standard InChI is InChI=1S/C13H14N4OS/c14-6-2-4-11-3-1-5-12(9-11)18-7-8-19-13-15-10-16-17-13/h1,3,5,9-10H,6-8,14H2,(H,15,16,17). The highest BCUT2D eigenvalue weighted by molar-refractivity contribution is 7.99. The van der Waals surface area contributed by atoms with E-state index in [-0.39, 0.29) is 0 Å². The number of H-pyrrole nitrogens is 1. The normalized spacial score (nSPS) is 9.74. The largest absolute Gasteiger partial charge is 0.493 e. The Morgan fingerprint density at radius 2 is 2.37 bits per heavy atom. The lowest BCUT2D eigenvalue weighted by atomic mass is 10.2. The lowest BCUT2D eigenvalue weighted by molar-refractivity contribution is 0.344. The molecular formula is C13H14N4OS. The summed E-state index contributed by atoms with van der Waals surface area (Å²) in [7, 11) is 0. The predicted molar refractivity (Wildman–Crippen MR) is 75.0 cm³/mol. The first-order chi connectivity index (χ1) is 9.38. The van der Waals surface area contributed by atoms with Gasteiger partial charge in [-0.3, -0.25) is 5.10 Å². The van der Waals surface area contributed by atoms with Gasteiger partial charge < -0.3 is 10.5 Å². The number of nitrogens with two attached hydrogens (primary N) is 1. The molecule has 5 nitrogen and oxygen atoms in total. The molecule has 1 aromatic heterocycles. The van der Waals surface area contributed by atoms with E-state index in [0.717, 1.165) is 22.2 Å². The number of nitrogens with zero attached hydrogens (tertiary/aromatic N) is 2. The van der Waals surface area contributed by atoms with Crippen LogP contribution in [0.3, 0.4) is 0 Å². The predicted octanol–water partition coefficient (Wildman–Crippen LogP) is 1.29. The molecule has 0 spiro atoms. The number of rotatable bonds is 5. The summed E-state index contributed by atoms with van der Waals surface area (Å²) in [5.74, 6) is 7.40. The monoisotopic (exact) mass is 274 g/mol. The SMILES string of the molecule is NCC#Cc1cccc(OCCSc2ncn[nH]2)c1. The molecule has 0 atom stereocenters. The van der Waals surface area contributed by atoms with Crippen LogP contribution < -0.4 is 10.5 Å². The van der Waals surface area contributed by atoms with Crippen molar-refractivity contribution in [3.8, 4) is 17.6 Å². The van der Waals surface area contributed by atoms with Crippen molar-refractivity contribution >= 4 is 11.8 Å². The Morgan fingerprint density at radius 3 is 3.16 bits per heavy atom. The summed E-state index contributed by atoms with van der Waals surface area (Å²) >= 11 is 1.57. The third-order valence-electron chi connectivity index (χ3n) is 2.15. The maximum Gasteiger partial charge on any atom is 0.183 e. The molecule has 3 N–H and O–H groups in total. The van der Waals surface area contributed by atoms with Gasteiger partial charge in [0.15, 0.2) is 5.16 Å². The van der Waals surface area contributed by atoms with Crippen molar-refractivity contribution in [2.75, 3.05) is 18.9 Å². The molecule has 0 bridgehead atoms. The van der Waals surface area contributed by atoms with E-state index in [1.807, 2.05) is 24.3 Å². The molecule has 19 heavy (non-hydrogen) atoms. The molecule has 2 aromatic rings. The summed E-state index contributed by atoms with van der Waals surface area (Å²) in [5, 5.41) is 7.36. The van der Waals surface area contributed by atoms with Gasteiger partial charge in [-0.1, -0.05) is 29.7 Å². The van der Waals surface area contributed by atoms with Crippen molar-refractivity contribution < 1.29 is 4.74 Å². The van der Waals surface area contributed by atoms with Crippen LogP contribution in [0.2, 0.25) is 0 Å². The third kappa shape index (κ3) is 4.66. The summed E-state index contributed by atoms with van der Waals surface area (Å²) in [5.41, 5.74) is 6.25. The van der Waals surface area contributed by atoms with Crippen molar-refractivity contribution in [1.29, 1.82) is 0 Å². The Balaban J connectivity index is 1.79. The molecule has 0 amide bonds. The molecule has 0 radical (unpaired) electrons. The molecular weight excluding hydrogens is 260 g/mol. The van der Waals surface area contributed by atoms with Gasteiger partial charge in [-0.2, -0.15) is 5.10 Å². The van der Waals surface area contributed by atoms with Crippen LogP contribution in [-0.2, 0) is 0 Å². The third-order valence-corrected chi connectivity index (χ3v) is 2.99. The highest BCUT2D eigenvalue weighted by atomic mass is 32.2. The highest BCUT2D eigenvalue weighted by Gasteiger charge is 1.98. The van der Waals surface area contributed by atoms with Gasteiger partial charge in [-0.15, -0.1) is 0 Å². The first-order valence-electron chi connectivity index (χ1n) is 5.78. The number of thioether (sulfide) groups is 1. The second kappa shape index (κ2) is 7.46. The first kappa shape index (κ1) is 13.5. The Morgan fingerprint density at radius 1 is 1.42 bits per heavy atom. The minimum atomic E-state index is 0.360. The van der Waals surface area contributed by atoms with Gasteiger partial charge in [0.1, 0.15) is 12.1 Å². The van der Waals surface area contributed by atoms with Crippen LogP contribution in [0.1, 0.15) is 5.56 Å². The fourth-order valence-electron chi connectivity index (χ4n) is 1.38. The number of hydrogen-bond donors (Lipinski definition) is 2. The van der Waals surface area contributed by atoms with Gasteiger partial charge >= 0.3 is 0 Å². The molecule has 0 unspecified atom stereocenters. The molecule has 0 aliphatic rings. The van der Waals surface area contributed by atoms with Gasteiger partial charge in [-0.05, 0) is 18.2 Å². The summed E-state index contributed by atoms with van der Waals surface area (Å²) < 4.78 is 5.64. The van der Waals surface area contributed by atoms with Crippen LogP contribution >= 0.6 is 11.8 Å². The Hall–Kier alpha value is -1.97. The Labute approximate surface area is 116 Å². The van der Waals surface area contributed by atoms with E-state index in [9.17, 15) is 0 Å². The lowest BCUT2D eigenvalue weighted by Gasteiger charge is -2.05. The average molecular weight is 274 g/mol. The van der Waals surface area contributed by atoms with Crippen LogP contribution in [0.4, 0.5) is 0 Å². The van der Waals surface area contributed by atoms with Crippen LogP contribution in [0.25, 0.3) is 0 Å². The maximum atomic E-state index is 5.64. The molecule has 0 saturated carbocycles. The summed E-state index contributed by atoms with van der Waals surface area (Å²) in [6, 6.07) is 7.66. The summed E-state index contributed by atoms with van der Waals surface area (Å²) in [6.45, 7) is 0.956. The minimum Gasteiger partial charge on any atom is -0.493 e. The summed E-state index contributed by atoms with van der Waals surface area (Å²) in [4.78, 5) is 4.02. The highest BCUT2D eigenvalue weighted by Crippen LogP contribution is 2.14. The number of benzene rings is 1. The van der Waals surface area contributed by atoms with E-state index >= 15 is 0 Å². The zero-order valence-electron chi connectivity index (χ0n) is 10.3. The van der Waals surface area contributed by atoms with Gasteiger partial charge in [0.05, 0.1) is 13.2 Å². The van der Waals surface area contributed by atoms with Crippen LogP contribution in [0.15, 0.2) is 35.7 Å². The second-order valence-corrected chi connectivity index (χ2v) is 4.60. The molecule has 2 rings (SSSR count). The van der Waals surface area contributed by atoms with Gasteiger partial charge in [0.2, 0.25) is 0 Å². The number of aromatic nitrogens is 3. The molecule has 1 aromatic carbocycles. The maximum absolute atomic E-state index is 5.64. The van der Waals surface area contributed by atoms with E-state index in [4.69, 9.17) is 10.5 Å². The molecule has 6 heteroatoms. The van der Waals surface area contributed by atoms with Crippen molar-refractivity contribution in [3.05, 3.63) is 36.2 Å². The van der Waals surface area contributed by atoms with E-state index in [1.165, 1.54) is 6.33 Å². The topological polar surface area (TPSA) is 76.8 Å². The van der Waals surface area contributed by atoms with Crippen molar-refractivity contribution in [2.24, 2.45) is 5.73 Å². The number of ether oxygens (including phenoxy) is 1. The lowest BCUT2D eigenvalue weighted by Crippen LogP contribution is -2.00. The Kier molecular flexibility index (Phi) is 5.29. The van der Waals surface area contributed by atoms with Crippen LogP contribution in [0, 0.1) is 11.8 Å². The van der Waals surface area contributed by atoms with Gasteiger partial charge in [0.25, 0.3) is 0 Å². The van der Waals surface area contributed by atoms with Gasteiger partial charge in [-0.25, -0.2) is 4.98 Å². The van der Waals surface area contributed by atoms with E-state index in [1.54, 1.807) is 11.8 Å². The van der Waals surface area contributed by atoms with E-state index < -0.39 is 0 Å². The quantitative estimate of drug-likeness (QED) is 0.488. The van der Waals surface area contributed by atoms with Crippen LogP contribution in [0.5, 0.6) is 5.75 Å². The fourth-order valence-corrected chi connectivity index (χ4v) is 1.98. The molecule has 0 saturated heterocycles. The van der Waals surface area contributed by atoms with Crippen molar-refractivity contribution in [2.45, 2.75) is 5.16 Å². The average Bonchev–Trinajstić information content (AvgIpc) is 2.95. The summed E-state index contributed by atoms with van der Waals surface area (Å²) in [6.07, 6.45) is 1.49. The molecule has 0 aliphatic carbocycles. The number of nitrogens with one attached hydrogen (secondary N) is 1. The smallest absolute Gasteiger partial charge is 0.183 e. The van der Waals surface area contributed by atoms with E-state index in [0.29, 0.717) is 13.2 Å². The van der Waals surface area contributed by atoms with E-state index in [2.05, 4.69) is 27.0 Å². The zero-order chi connectivity index (χ0) is 13.3. The second-order valence-electron chi connectivity index (χ2n) is 3.52.